The molecule has 0 saturated carbocycles. The predicted octanol–water partition coefficient (Wildman–Crippen LogP) is -0.334. The Bertz CT molecular complexity index is 353. The second-order valence-corrected chi connectivity index (χ2v) is 3.02. The Labute approximate surface area is 99.6 Å². The van der Waals surface area contributed by atoms with Crippen molar-refractivity contribution in [2.45, 2.75) is 13.1 Å². The summed E-state index contributed by atoms with van der Waals surface area (Å²) in [6, 6.07) is 0. The first kappa shape index (κ1) is 14.2. The van der Waals surface area contributed by atoms with E-state index >= 15 is 0 Å². The van der Waals surface area contributed by atoms with Crippen LogP contribution in [0.1, 0.15) is 16.4 Å². The minimum absolute atomic E-state index is 0. The van der Waals surface area contributed by atoms with Crippen LogP contribution in [0.3, 0.4) is 0 Å². The minimum Gasteiger partial charge on any atom is -0.337 e. The molecule has 86 valence electrons. The van der Waals surface area contributed by atoms with Crippen LogP contribution >= 0.6 is 24.8 Å². The lowest BCUT2D eigenvalue weighted by atomic mass is 10.3. The van der Waals surface area contributed by atoms with E-state index in [0.717, 1.165) is 6.54 Å². The highest BCUT2D eigenvalue weighted by atomic mass is 35.5. The fourth-order valence-corrected chi connectivity index (χ4v) is 1.40. The molecule has 1 amide bonds. The lowest BCUT2D eigenvalue weighted by Gasteiger charge is -2.23. The monoisotopic (exact) mass is 253 g/mol. The number of nitrogens with two attached hydrogens (primary N) is 1. The molecule has 2 heterocycles. The standard InChI is InChI=1S/C7H11N5O.2ClH/c1-11-2-3-12-5(4-8)9-10-6(12)7(11)13;;/h2-4,8H2,1H3;2*1H. The zero-order valence-corrected chi connectivity index (χ0v) is 9.85. The van der Waals surface area contributed by atoms with Crippen LogP contribution in [0, 0.1) is 0 Å². The summed E-state index contributed by atoms with van der Waals surface area (Å²) in [6.45, 7) is 1.75. The van der Waals surface area contributed by atoms with Crippen molar-refractivity contribution >= 4 is 30.7 Å². The van der Waals surface area contributed by atoms with Gasteiger partial charge in [0.15, 0.2) is 0 Å². The topological polar surface area (TPSA) is 77.0 Å². The summed E-state index contributed by atoms with van der Waals surface area (Å²) in [6.07, 6.45) is 0. The average Bonchev–Trinajstić information content (AvgIpc) is 2.55. The van der Waals surface area contributed by atoms with Crippen LogP contribution in [0.5, 0.6) is 0 Å². The zero-order valence-electron chi connectivity index (χ0n) is 8.21. The predicted molar refractivity (Wildman–Crippen MR) is 59.4 cm³/mol. The van der Waals surface area contributed by atoms with Crippen molar-refractivity contribution in [3.05, 3.63) is 11.6 Å². The third-order valence-corrected chi connectivity index (χ3v) is 2.21. The van der Waals surface area contributed by atoms with Crippen molar-refractivity contribution in [2.75, 3.05) is 13.6 Å². The molecule has 2 rings (SSSR count). The SMILES string of the molecule is CN1CCn2c(CN)nnc2C1=O.Cl.Cl. The number of hydrogen-bond donors (Lipinski definition) is 1. The molecule has 0 aliphatic carbocycles. The Balaban J connectivity index is 0.000000980. The third-order valence-electron chi connectivity index (χ3n) is 2.21. The Kier molecular flexibility index (Phi) is 4.99. The molecule has 0 saturated heterocycles. The van der Waals surface area contributed by atoms with Crippen LogP contribution < -0.4 is 5.73 Å². The second-order valence-electron chi connectivity index (χ2n) is 3.02. The first-order valence-corrected chi connectivity index (χ1v) is 4.11. The van der Waals surface area contributed by atoms with Gasteiger partial charge in [-0.1, -0.05) is 0 Å². The number of aromatic nitrogens is 3. The van der Waals surface area contributed by atoms with E-state index in [0.29, 0.717) is 24.7 Å². The molecule has 0 unspecified atom stereocenters. The van der Waals surface area contributed by atoms with Crippen molar-refractivity contribution in [3.8, 4) is 0 Å². The van der Waals surface area contributed by atoms with Crippen LogP contribution in [0.15, 0.2) is 0 Å². The highest BCUT2D eigenvalue weighted by Gasteiger charge is 2.25. The number of fused-ring (bicyclic) bond motifs is 1. The number of carbonyl (C=O) groups excluding carboxylic acids is 1. The van der Waals surface area contributed by atoms with Gasteiger partial charge in [0.25, 0.3) is 5.91 Å². The third kappa shape index (κ3) is 2.22. The van der Waals surface area contributed by atoms with Gasteiger partial charge in [-0.25, -0.2) is 0 Å². The van der Waals surface area contributed by atoms with Crippen molar-refractivity contribution in [1.29, 1.82) is 0 Å². The minimum atomic E-state index is -0.0848. The molecule has 0 atom stereocenters. The van der Waals surface area contributed by atoms with Gasteiger partial charge in [-0.05, 0) is 0 Å². The van der Waals surface area contributed by atoms with Crippen LogP contribution in [0.25, 0.3) is 0 Å². The van der Waals surface area contributed by atoms with E-state index in [1.165, 1.54) is 0 Å². The maximum absolute atomic E-state index is 11.5. The maximum Gasteiger partial charge on any atom is 0.291 e. The van der Waals surface area contributed by atoms with Crippen LogP contribution in [0.4, 0.5) is 0 Å². The lowest BCUT2D eigenvalue weighted by Crippen LogP contribution is -2.38. The Morgan fingerprint density at radius 2 is 2.00 bits per heavy atom. The molecule has 0 fully saturated rings. The van der Waals surface area contributed by atoms with E-state index in [-0.39, 0.29) is 30.7 Å². The van der Waals surface area contributed by atoms with Crippen molar-refractivity contribution in [3.63, 3.8) is 0 Å². The van der Waals surface area contributed by atoms with Crippen LogP contribution in [0.2, 0.25) is 0 Å². The van der Waals surface area contributed by atoms with Crippen LogP contribution in [-0.4, -0.2) is 39.2 Å². The number of halogens is 2. The van der Waals surface area contributed by atoms with E-state index in [4.69, 9.17) is 5.73 Å². The molecule has 1 aliphatic rings. The van der Waals surface area contributed by atoms with Gasteiger partial charge >= 0.3 is 0 Å². The molecule has 2 N–H and O–H groups in total. The lowest BCUT2D eigenvalue weighted by molar-refractivity contribution is 0.0740. The van der Waals surface area contributed by atoms with Gasteiger partial charge in [-0.2, -0.15) is 0 Å². The molecule has 0 aromatic carbocycles. The number of nitrogens with zero attached hydrogens (tertiary/aromatic N) is 4. The first-order chi connectivity index (χ1) is 6.24. The Hall–Kier alpha value is -0.850. The molecular weight excluding hydrogens is 241 g/mol. The number of rotatable bonds is 1. The summed E-state index contributed by atoms with van der Waals surface area (Å²) in [5, 5.41) is 7.64. The van der Waals surface area contributed by atoms with E-state index in [9.17, 15) is 4.79 Å². The average molecular weight is 254 g/mol. The van der Waals surface area contributed by atoms with Gasteiger partial charge in [0, 0.05) is 20.1 Å². The van der Waals surface area contributed by atoms with Crippen molar-refractivity contribution in [2.24, 2.45) is 5.73 Å². The van der Waals surface area contributed by atoms with Gasteiger partial charge in [0.05, 0.1) is 6.54 Å². The highest BCUT2D eigenvalue weighted by molar-refractivity contribution is 5.91. The molecule has 8 heteroatoms. The fourth-order valence-electron chi connectivity index (χ4n) is 1.40. The van der Waals surface area contributed by atoms with E-state index in [1.54, 1.807) is 16.5 Å². The quantitative estimate of drug-likeness (QED) is 0.744. The summed E-state index contributed by atoms with van der Waals surface area (Å²) < 4.78 is 1.78. The molecule has 0 bridgehead atoms. The molecule has 1 aromatic heterocycles. The van der Waals surface area contributed by atoms with Gasteiger partial charge in [-0.3, -0.25) is 4.79 Å². The number of carbonyl (C=O) groups is 1. The van der Waals surface area contributed by atoms with Crippen molar-refractivity contribution < 1.29 is 4.79 Å². The first-order valence-electron chi connectivity index (χ1n) is 4.11. The zero-order chi connectivity index (χ0) is 9.42. The molecule has 15 heavy (non-hydrogen) atoms. The van der Waals surface area contributed by atoms with E-state index in [1.807, 2.05) is 0 Å². The van der Waals surface area contributed by atoms with Gasteiger partial charge in [0.1, 0.15) is 5.82 Å². The Morgan fingerprint density at radius 3 is 2.60 bits per heavy atom. The summed E-state index contributed by atoms with van der Waals surface area (Å²) in [5.74, 6) is 0.990. The summed E-state index contributed by atoms with van der Waals surface area (Å²) in [7, 11) is 1.75. The van der Waals surface area contributed by atoms with Gasteiger partial charge < -0.3 is 15.2 Å². The fraction of sp³-hybridized carbons (Fsp3) is 0.571. The highest BCUT2D eigenvalue weighted by Crippen LogP contribution is 2.09. The van der Waals surface area contributed by atoms with E-state index < -0.39 is 0 Å². The summed E-state index contributed by atoms with van der Waals surface area (Å²) in [5.41, 5.74) is 5.45. The van der Waals surface area contributed by atoms with Gasteiger partial charge in [0.2, 0.25) is 5.82 Å². The number of hydrogen-bond acceptors (Lipinski definition) is 4. The summed E-state index contributed by atoms with van der Waals surface area (Å²) >= 11 is 0. The van der Waals surface area contributed by atoms with Gasteiger partial charge in [-0.15, -0.1) is 35.0 Å². The molecular formula is C7H13Cl2N5O. The Morgan fingerprint density at radius 1 is 1.33 bits per heavy atom. The second kappa shape index (κ2) is 5.29. The number of likely N-dealkylation sites (N-methyl/N-ethyl adjacent to an activating group) is 1. The molecule has 0 radical (unpaired) electrons. The van der Waals surface area contributed by atoms with Crippen molar-refractivity contribution in [1.82, 2.24) is 19.7 Å². The normalized spacial score (nSPS) is 14.0. The smallest absolute Gasteiger partial charge is 0.291 e. The molecule has 1 aliphatic heterocycles. The molecule has 6 nitrogen and oxygen atoms in total. The molecule has 1 aromatic rings. The summed E-state index contributed by atoms with van der Waals surface area (Å²) in [4.78, 5) is 13.1. The maximum atomic E-state index is 11.5. The van der Waals surface area contributed by atoms with Crippen LogP contribution in [-0.2, 0) is 13.1 Å². The largest absolute Gasteiger partial charge is 0.337 e. The molecule has 0 spiro atoms. The number of amides is 1. The van der Waals surface area contributed by atoms with E-state index in [2.05, 4.69) is 10.2 Å².